The Morgan fingerprint density at radius 3 is 2.70 bits per heavy atom. The summed E-state index contributed by atoms with van der Waals surface area (Å²) < 4.78 is 30.5. The van der Waals surface area contributed by atoms with Gasteiger partial charge in [0.25, 0.3) is 0 Å². The molecule has 4 heterocycles. The predicted molar refractivity (Wildman–Crippen MR) is 132 cm³/mol. The molecule has 0 unspecified atom stereocenters. The van der Waals surface area contributed by atoms with E-state index in [2.05, 4.69) is 22.1 Å². The van der Waals surface area contributed by atoms with Gasteiger partial charge in [-0.15, -0.1) is 0 Å². The minimum Gasteiger partial charge on any atom is -0.377 e. The number of aromatic amines is 1. The maximum atomic E-state index is 13.0. The Morgan fingerprint density at radius 1 is 1.21 bits per heavy atom. The Balaban J connectivity index is 1.86. The quantitative estimate of drug-likeness (QED) is 0.546. The molecule has 1 atom stereocenters. The molecule has 9 heteroatoms. The molecule has 0 saturated carbocycles. The average Bonchev–Trinajstić information content (AvgIpc) is 3.20. The number of hydrogen-bond donors (Lipinski definition) is 2. The van der Waals surface area contributed by atoms with Crippen molar-refractivity contribution in [3.8, 4) is 11.4 Å². The molecule has 0 aliphatic carbocycles. The number of hydrogen-bond acceptors (Lipinski definition) is 7. The van der Waals surface area contributed by atoms with Crippen LogP contribution in [0.3, 0.4) is 0 Å². The van der Waals surface area contributed by atoms with Crippen LogP contribution >= 0.6 is 0 Å². The minimum atomic E-state index is -3.35. The summed E-state index contributed by atoms with van der Waals surface area (Å²) in [5.41, 5.74) is 4.96. The summed E-state index contributed by atoms with van der Waals surface area (Å²) in [4.78, 5) is 15.3. The number of rotatable bonds is 7. The van der Waals surface area contributed by atoms with Crippen LogP contribution in [0.4, 0.5) is 5.82 Å². The number of fused-ring (bicyclic) bond motifs is 1. The van der Waals surface area contributed by atoms with Gasteiger partial charge in [0.2, 0.25) is 0 Å². The standard InChI is InChI=1S/C24H33N5O3S/c1-6-33(30,31)24(3,4)17-11-21(28-23(12-17)29-9-10-32-15-16(29)2)20-8-7-19-22(27-20)13-18(26-19)14-25-5/h7-8,11-13,16,25-26H,6,9-10,14-15H2,1-5H3/t16-/m0/s1. The lowest BCUT2D eigenvalue weighted by Crippen LogP contribution is -2.44. The fraction of sp³-hybridized carbons (Fsp3) is 0.500. The van der Waals surface area contributed by atoms with Crippen molar-refractivity contribution in [2.75, 3.05) is 37.5 Å². The number of pyridine rings is 2. The highest BCUT2D eigenvalue weighted by molar-refractivity contribution is 7.92. The van der Waals surface area contributed by atoms with Crippen LogP contribution in [0.25, 0.3) is 22.4 Å². The molecule has 8 nitrogen and oxygen atoms in total. The van der Waals surface area contributed by atoms with Gasteiger partial charge < -0.3 is 19.9 Å². The summed E-state index contributed by atoms with van der Waals surface area (Å²) >= 11 is 0. The first kappa shape index (κ1) is 23.7. The van der Waals surface area contributed by atoms with Crippen molar-refractivity contribution in [1.29, 1.82) is 0 Å². The fourth-order valence-electron chi connectivity index (χ4n) is 4.24. The molecule has 1 aliphatic heterocycles. The molecule has 4 rings (SSSR count). The molecule has 3 aromatic heterocycles. The van der Waals surface area contributed by atoms with Crippen molar-refractivity contribution in [1.82, 2.24) is 20.3 Å². The van der Waals surface area contributed by atoms with Gasteiger partial charge in [0.15, 0.2) is 9.84 Å². The third kappa shape index (κ3) is 4.49. The summed E-state index contributed by atoms with van der Waals surface area (Å²) in [5, 5.41) is 3.14. The van der Waals surface area contributed by atoms with Crippen LogP contribution in [-0.2, 0) is 25.9 Å². The third-order valence-electron chi connectivity index (χ3n) is 6.49. The first-order chi connectivity index (χ1) is 15.7. The van der Waals surface area contributed by atoms with Crippen molar-refractivity contribution in [2.45, 2.75) is 45.0 Å². The Hall–Kier alpha value is -2.49. The van der Waals surface area contributed by atoms with Crippen LogP contribution < -0.4 is 10.2 Å². The molecule has 33 heavy (non-hydrogen) atoms. The molecule has 178 valence electrons. The lowest BCUT2D eigenvalue weighted by molar-refractivity contribution is 0.0985. The van der Waals surface area contributed by atoms with Gasteiger partial charge in [-0.3, -0.25) is 0 Å². The van der Waals surface area contributed by atoms with E-state index in [-0.39, 0.29) is 11.8 Å². The smallest absolute Gasteiger partial charge is 0.159 e. The zero-order valence-corrected chi connectivity index (χ0v) is 20.8. The van der Waals surface area contributed by atoms with Crippen molar-refractivity contribution < 1.29 is 13.2 Å². The van der Waals surface area contributed by atoms with Gasteiger partial charge in [-0.1, -0.05) is 6.92 Å². The second-order valence-corrected chi connectivity index (χ2v) is 11.9. The Morgan fingerprint density at radius 2 is 2.00 bits per heavy atom. The molecule has 3 aromatic rings. The molecule has 0 spiro atoms. The second-order valence-electron chi connectivity index (χ2n) is 9.08. The fourth-order valence-corrected chi connectivity index (χ4v) is 5.44. The van der Waals surface area contributed by atoms with Gasteiger partial charge in [0.05, 0.1) is 46.4 Å². The molecular weight excluding hydrogens is 438 g/mol. The van der Waals surface area contributed by atoms with E-state index in [1.807, 2.05) is 37.4 Å². The highest BCUT2D eigenvalue weighted by atomic mass is 32.2. The van der Waals surface area contributed by atoms with Gasteiger partial charge in [0, 0.05) is 24.5 Å². The first-order valence-corrected chi connectivity index (χ1v) is 13.0. The van der Waals surface area contributed by atoms with E-state index < -0.39 is 14.6 Å². The summed E-state index contributed by atoms with van der Waals surface area (Å²) in [5.74, 6) is 0.826. The van der Waals surface area contributed by atoms with Gasteiger partial charge in [-0.2, -0.15) is 0 Å². The maximum Gasteiger partial charge on any atom is 0.159 e. The highest BCUT2D eigenvalue weighted by Crippen LogP contribution is 2.35. The van der Waals surface area contributed by atoms with Crippen molar-refractivity contribution in [2.24, 2.45) is 0 Å². The van der Waals surface area contributed by atoms with Crippen LogP contribution in [0.2, 0.25) is 0 Å². The van der Waals surface area contributed by atoms with Gasteiger partial charge in [0.1, 0.15) is 5.82 Å². The number of anilines is 1. The second kappa shape index (κ2) is 9.04. The monoisotopic (exact) mass is 471 g/mol. The van der Waals surface area contributed by atoms with E-state index in [0.717, 1.165) is 34.7 Å². The summed E-state index contributed by atoms with van der Waals surface area (Å²) in [7, 11) is -1.45. The maximum absolute atomic E-state index is 13.0. The minimum absolute atomic E-state index is 0.0722. The molecule has 0 bridgehead atoms. The zero-order chi connectivity index (χ0) is 23.8. The van der Waals surface area contributed by atoms with Crippen molar-refractivity contribution >= 4 is 26.7 Å². The number of sulfone groups is 1. The predicted octanol–water partition coefficient (Wildman–Crippen LogP) is 3.24. The summed E-state index contributed by atoms with van der Waals surface area (Å²) in [6.07, 6.45) is 0. The number of nitrogens with zero attached hydrogens (tertiary/aromatic N) is 3. The lowest BCUT2D eigenvalue weighted by Gasteiger charge is -2.35. The molecule has 1 aliphatic rings. The zero-order valence-electron chi connectivity index (χ0n) is 20.0. The van der Waals surface area contributed by atoms with Crippen molar-refractivity contribution in [3.63, 3.8) is 0 Å². The van der Waals surface area contributed by atoms with E-state index >= 15 is 0 Å². The van der Waals surface area contributed by atoms with Gasteiger partial charge >= 0.3 is 0 Å². The molecule has 2 N–H and O–H groups in total. The summed E-state index contributed by atoms with van der Waals surface area (Å²) in [6.45, 7) is 9.97. The Labute approximate surface area is 195 Å². The van der Waals surface area contributed by atoms with E-state index in [0.29, 0.717) is 31.1 Å². The molecule has 0 radical (unpaired) electrons. The molecule has 1 fully saturated rings. The van der Waals surface area contributed by atoms with Crippen LogP contribution in [-0.4, -0.2) is 62.0 Å². The van der Waals surface area contributed by atoms with E-state index in [1.54, 1.807) is 20.8 Å². The third-order valence-corrected chi connectivity index (χ3v) is 9.04. The molecule has 1 saturated heterocycles. The van der Waals surface area contributed by atoms with Gasteiger partial charge in [-0.25, -0.2) is 18.4 Å². The molecular formula is C24H33N5O3S. The first-order valence-electron chi connectivity index (χ1n) is 11.4. The van der Waals surface area contributed by atoms with E-state index in [1.165, 1.54) is 0 Å². The van der Waals surface area contributed by atoms with Crippen LogP contribution in [0.5, 0.6) is 0 Å². The lowest BCUT2D eigenvalue weighted by atomic mass is 10.0. The highest BCUT2D eigenvalue weighted by Gasteiger charge is 2.36. The number of ether oxygens (including phenoxy) is 1. The molecule has 0 aromatic carbocycles. The summed E-state index contributed by atoms with van der Waals surface area (Å²) in [6, 6.07) is 9.88. The Bertz CT molecular complexity index is 1250. The Kier molecular flexibility index (Phi) is 6.48. The van der Waals surface area contributed by atoms with Crippen LogP contribution in [0, 0.1) is 0 Å². The SMILES string of the molecule is CCS(=O)(=O)C(C)(C)c1cc(-c2ccc3[nH]c(CNC)cc3n2)nc(N2CCOC[C@@H]2C)c1. The number of H-pyrrole nitrogens is 1. The van der Waals surface area contributed by atoms with Crippen LogP contribution in [0.15, 0.2) is 30.3 Å². The largest absolute Gasteiger partial charge is 0.377 e. The topological polar surface area (TPSA) is 100 Å². The number of aromatic nitrogens is 3. The molecule has 0 amide bonds. The van der Waals surface area contributed by atoms with E-state index in [9.17, 15) is 8.42 Å². The van der Waals surface area contributed by atoms with Crippen molar-refractivity contribution in [3.05, 3.63) is 41.6 Å². The van der Waals surface area contributed by atoms with Gasteiger partial charge in [-0.05, 0) is 63.7 Å². The van der Waals surface area contributed by atoms with Crippen LogP contribution in [0.1, 0.15) is 39.0 Å². The number of nitrogens with one attached hydrogen (secondary N) is 2. The van der Waals surface area contributed by atoms with E-state index in [4.69, 9.17) is 14.7 Å². The average molecular weight is 472 g/mol. The normalized spacial score (nSPS) is 17.6. The number of morpholine rings is 1.